The molecule has 0 radical (unpaired) electrons. The zero-order valence-corrected chi connectivity index (χ0v) is 15.9. The van der Waals surface area contributed by atoms with E-state index in [9.17, 15) is 14.4 Å². The predicted octanol–water partition coefficient (Wildman–Crippen LogP) is 1.59. The van der Waals surface area contributed by atoms with Crippen molar-refractivity contribution in [2.45, 2.75) is 25.8 Å². The number of carbonyl (C=O) groups is 3. The van der Waals surface area contributed by atoms with Crippen molar-refractivity contribution in [3.05, 3.63) is 53.6 Å². The fourth-order valence-corrected chi connectivity index (χ4v) is 3.31. The number of aryl methyl sites for hydroxylation is 1. The molecule has 3 amide bonds. The molecule has 1 unspecified atom stereocenters. The van der Waals surface area contributed by atoms with Crippen LogP contribution in [0.1, 0.15) is 29.3 Å². The maximum atomic E-state index is 12.7. The molecular formula is C21H21N3O5. The second-order valence-electron chi connectivity index (χ2n) is 6.80. The molecule has 4 rings (SSSR count). The number of nitrogens with zero attached hydrogens (tertiary/aromatic N) is 1. The lowest BCUT2D eigenvalue weighted by atomic mass is 10.1. The molecule has 0 bridgehead atoms. The lowest BCUT2D eigenvalue weighted by Gasteiger charge is -2.19. The van der Waals surface area contributed by atoms with Crippen molar-refractivity contribution in [2.24, 2.45) is 0 Å². The van der Waals surface area contributed by atoms with Gasteiger partial charge < -0.3 is 9.47 Å². The molecule has 8 nitrogen and oxygen atoms in total. The van der Waals surface area contributed by atoms with Gasteiger partial charge in [0.2, 0.25) is 5.91 Å². The maximum absolute atomic E-state index is 12.7. The van der Waals surface area contributed by atoms with Crippen molar-refractivity contribution in [2.75, 3.05) is 18.1 Å². The number of nitrogens with one attached hydrogen (secondary N) is 2. The molecular weight excluding hydrogens is 374 g/mol. The molecule has 1 saturated heterocycles. The van der Waals surface area contributed by atoms with E-state index in [1.807, 2.05) is 19.1 Å². The fourth-order valence-electron chi connectivity index (χ4n) is 3.31. The molecule has 0 aliphatic carbocycles. The summed E-state index contributed by atoms with van der Waals surface area (Å²) in [5, 5.41) is 0. The molecule has 29 heavy (non-hydrogen) atoms. The number of fused-ring (bicyclic) bond motifs is 1. The highest BCUT2D eigenvalue weighted by molar-refractivity contribution is 6.22. The lowest BCUT2D eigenvalue weighted by molar-refractivity contribution is -0.121. The van der Waals surface area contributed by atoms with E-state index in [2.05, 4.69) is 10.9 Å². The first-order valence-corrected chi connectivity index (χ1v) is 9.48. The second kappa shape index (κ2) is 7.92. The summed E-state index contributed by atoms with van der Waals surface area (Å²) in [6, 6.07) is 11.3. The predicted molar refractivity (Wildman–Crippen MR) is 105 cm³/mol. The van der Waals surface area contributed by atoms with Gasteiger partial charge in [0.15, 0.2) is 11.5 Å². The molecule has 150 valence electrons. The highest BCUT2D eigenvalue weighted by atomic mass is 16.6. The van der Waals surface area contributed by atoms with Crippen LogP contribution in [0.2, 0.25) is 0 Å². The van der Waals surface area contributed by atoms with Crippen LogP contribution in [-0.4, -0.2) is 37.0 Å². The van der Waals surface area contributed by atoms with Crippen LogP contribution in [0.5, 0.6) is 11.5 Å². The third kappa shape index (κ3) is 3.79. The van der Waals surface area contributed by atoms with Crippen LogP contribution < -0.4 is 25.2 Å². The summed E-state index contributed by atoms with van der Waals surface area (Å²) < 4.78 is 10.9. The number of imide groups is 1. The Bertz CT molecular complexity index is 957. The van der Waals surface area contributed by atoms with Crippen LogP contribution in [0, 0.1) is 0 Å². The van der Waals surface area contributed by atoms with Gasteiger partial charge in [-0.1, -0.05) is 19.1 Å². The van der Waals surface area contributed by atoms with Crippen molar-refractivity contribution >= 4 is 23.4 Å². The average molecular weight is 395 g/mol. The Morgan fingerprint density at radius 2 is 1.79 bits per heavy atom. The molecule has 2 aromatic carbocycles. The number of rotatable bonds is 5. The third-order valence-electron chi connectivity index (χ3n) is 4.91. The van der Waals surface area contributed by atoms with Gasteiger partial charge in [-0.25, -0.2) is 10.3 Å². The molecule has 1 atom stereocenters. The molecule has 2 aromatic rings. The van der Waals surface area contributed by atoms with E-state index in [-0.39, 0.29) is 12.3 Å². The molecule has 2 heterocycles. The number of ether oxygens (including phenoxy) is 2. The lowest BCUT2D eigenvalue weighted by Crippen LogP contribution is -2.48. The summed E-state index contributed by atoms with van der Waals surface area (Å²) in [7, 11) is 0. The Labute approximate surface area is 167 Å². The SMILES string of the molecule is CCc1ccc(N2C(=O)CC(NNC(=O)c3ccc4c(c3)OCCO4)C2=O)cc1. The number of hydrazine groups is 1. The summed E-state index contributed by atoms with van der Waals surface area (Å²) >= 11 is 0. The Morgan fingerprint density at radius 1 is 1.07 bits per heavy atom. The highest BCUT2D eigenvalue weighted by Crippen LogP contribution is 2.30. The minimum Gasteiger partial charge on any atom is -0.486 e. The number of amides is 3. The van der Waals surface area contributed by atoms with Gasteiger partial charge in [-0.15, -0.1) is 0 Å². The van der Waals surface area contributed by atoms with E-state index in [0.29, 0.717) is 36.0 Å². The summed E-state index contributed by atoms with van der Waals surface area (Å²) in [6.45, 7) is 2.92. The second-order valence-corrected chi connectivity index (χ2v) is 6.80. The van der Waals surface area contributed by atoms with E-state index in [1.54, 1.807) is 30.3 Å². The zero-order chi connectivity index (χ0) is 20.4. The molecule has 2 aliphatic heterocycles. The van der Waals surface area contributed by atoms with Crippen LogP contribution in [0.25, 0.3) is 0 Å². The van der Waals surface area contributed by atoms with Crippen LogP contribution in [-0.2, 0) is 16.0 Å². The first-order chi connectivity index (χ1) is 14.1. The Kier molecular flexibility index (Phi) is 5.18. The van der Waals surface area contributed by atoms with Gasteiger partial charge in [-0.3, -0.25) is 19.8 Å². The van der Waals surface area contributed by atoms with Crippen molar-refractivity contribution in [1.29, 1.82) is 0 Å². The van der Waals surface area contributed by atoms with Crippen LogP contribution in [0.15, 0.2) is 42.5 Å². The largest absolute Gasteiger partial charge is 0.486 e. The summed E-state index contributed by atoms with van der Waals surface area (Å²) in [5.41, 5.74) is 7.18. The summed E-state index contributed by atoms with van der Waals surface area (Å²) in [4.78, 5) is 38.6. The molecule has 1 fully saturated rings. The first kappa shape index (κ1) is 18.9. The topological polar surface area (TPSA) is 97.0 Å². The van der Waals surface area contributed by atoms with E-state index in [4.69, 9.17) is 9.47 Å². The Balaban J connectivity index is 1.40. The number of hydrogen-bond donors (Lipinski definition) is 2. The molecule has 0 aromatic heterocycles. The third-order valence-corrected chi connectivity index (χ3v) is 4.91. The van der Waals surface area contributed by atoms with Gasteiger partial charge in [-0.2, -0.15) is 0 Å². The monoisotopic (exact) mass is 395 g/mol. The van der Waals surface area contributed by atoms with E-state index in [1.165, 1.54) is 0 Å². The average Bonchev–Trinajstić information content (AvgIpc) is 3.04. The number of anilines is 1. The van der Waals surface area contributed by atoms with Crippen molar-refractivity contribution in [3.63, 3.8) is 0 Å². The number of carbonyl (C=O) groups excluding carboxylic acids is 3. The molecule has 0 saturated carbocycles. The van der Waals surface area contributed by atoms with Gasteiger partial charge >= 0.3 is 0 Å². The van der Waals surface area contributed by atoms with Crippen molar-refractivity contribution in [3.8, 4) is 11.5 Å². The summed E-state index contributed by atoms with van der Waals surface area (Å²) in [5.74, 6) is -0.0696. The van der Waals surface area contributed by atoms with Crippen molar-refractivity contribution in [1.82, 2.24) is 10.9 Å². The Morgan fingerprint density at radius 3 is 2.52 bits per heavy atom. The van der Waals surface area contributed by atoms with Crippen LogP contribution in [0.4, 0.5) is 5.69 Å². The van der Waals surface area contributed by atoms with E-state index in [0.717, 1.165) is 16.9 Å². The van der Waals surface area contributed by atoms with Gasteiger partial charge in [0.1, 0.15) is 19.3 Å². The minimum atomic E-state index is -0.825. The quantitative estimate of drug-likeness (QED) is 0.590. The van der Waals surface area contributed by atoms with Gasteiger partial charge in [0.25, 0.3) is 11.8 Å². The smallest absolute Gasteiger partial charge is 0.265 e. The highest BCUT2D eigenvalue weighted by Gasteiger charge is 2.39. The van der Waals surface area contributed by atoms with E-state index >= 15 is 0 Å². The van der Waals surface area contributed by atoms with Crippen LogP contribution >= 0.6 is 0 Å². The maximum Gasteiger partial charge on any atom is 0.265 e. The fraction of sp³-hybridized carbons (Fsp3) is 0.286. The van der Waals surface area contributed by atoms with E-state index < -0.39 is 17.9 Å². The standard InChI is InChI=1S/C21H21N3O5/c1-2-13-3-6-15(7-4-13)24-19(25)12-16(21(24)27)22-23-20(26)14-5-8-17-18(11-14)29-10-9-28-17/h3-8,11,16,22H,2,9-10,12H2,1H3,(H,23,26). The minimum absolute atomic E-state index is 0.0320. The van der Waals surface area contributed by atoms with Crippen molar-refractivity contribution < 1.29 is 23.9 Å². The molecule has 2 N–H and O–H groups in total. The number of benzene rings is 2. The summed E-state index contributed by atoms with van der Waals surface area (Å²) in [6.07, 6.45) is 0.841. The Hall–Kier alpha value is -3.39. The van der Waals surface area contributed by atoms with Gasteiger partial charge in [0, 0.05) is 5.56 Å². The van der Waals surface area contributed by atoms with Gasteiger partial charge in [-0.05, 0) is 42.3 Å². The first-order valence-electron chi connectivity index (χ1n) is 9.48. The molecule has 2 aliphatic rings. The van der Waals surface area contributed by atoms with Crippen LogP contribution in [0.3, 0.4) is 0 Å². The molecule has 8 heteroatoms. The normalized spacial score (nSPS) is 18.1. The molecule has 0 spiro atoms. The zero-order valence-electron chi connectivity index (χ0n) is 15.9. The number of hydrogen-bond acceptors (Lipinski definition) is 6. The van der Waals surface area contributed by atoms with Gasteiger partial charge in [0.05, 0.1) is 12.1 Å².